The maximum atomic E-state index is 13.7. The summed E-state index contributed by atoms with van der Waals surface area (Å²) >= 11 is 1.08. The van der Waals surface area contributed by atoms with Crippen molar-refractivity contribution in [3.63, 3.8) is 0 Å². The van der Waals surface area contributed by atoms with Crippen molar-refractivity contribution in [1.29, 1.82) is 0 Å². The van der Waals surface area contributed by atoms with Crippen molar-refractivity contribution >= 4 is 38.3 Å². The highest BCUT2D eigenvalue weighted by molar-refractivity contribution is 7.22. The highest BCUT2D eigenvalue weighted by atomic mass is 32.1. The predicted octanol–water partition coefficient (Wildman–Crippen LogP) is 5.55. The molecule has 0 radical (unpaired) electrons. The number of anilines is 2. The molecule has 0 saturated heterocycles. The standard InChI is InChI=1S/C18H12F7N3OS/c1-28(16-27-15-12(19)3-2-4-13(15)30-16)8-14(29)26-11-6-9(17(20,21)22)5-10(7-11)18(23,24)25/h2-7H,8H2,1H3,(H,26,29). The van der Waals surface area contributed by atoms with Gasteiger partial charge >= 0.3 is 12.4 Å². The summed E-state index contributed by atoms with van der Waals surface area (Å²) in [7, 11) is 1.43. The van der Waals surface area contributed by atoms with Crippen LogP contribution in [0.25, 0.3) is 10.2 Å². The number of para-hydroxylation sites is 1. The van der Waals surface area contributed by atoms with Gasteiger partial charge in [-0.3, -0.25) is 4.79 Å². The van der Waals surface area contributed by atoms with Gasteiger partial charge in [0.1, 0.15) is 11.3 Å². The summed E-state index contributed by atoms with van der Waals surface area (Å²) in [6.45, 7) is -0.432. The number of halogens is 7. The van der Waals surface area contributed by atoms with Gasteiger partial charge in [0.05, 0.1) is 22.4 Å². The number of thiazole rings is 1. The number of hydrogen-bond donors (Lipinski definition) is 1. The number of nitrogens with zero attached hydrogens (tertiary/aromatic N) is 2. The molecule has 1 heterocycles. The minimum atomic E-state index is -5.03. The smallest absolute Gasteiger partial charge is 0.342 e. The Hall–Kier alpha value is -2.89. The Labute approximate surface area is 168 Å². The summed E-state index contributed by atoms with van der Waals surface area (Å²) in [5.41, 5.74) is -3.63. The Morgan fingerprint density at radius 3 is 2.20 bits per heavy atom. The van der Waals surface area contributed by atoms with Crippen LogP contribution in [0.4, 0.5) is 41.6 Å². The van der Waals surface area contributed by atoms with Crippen LogP contribution in [0.5, 0.6) is 0 Å². The number of hydrogen-bond acceptors (Lipinski definition) is 4. The Morgan fingerprint density at radius 2 is 1.67 bits per heavy atom. The second kappa shape index (κ2) is 7.74. The van der Waals surface area contributed by atoms with Gasteiger partial charge in [0.15, 0.2) is 5.13 Å². The number of amides is 1. The third-order valence-corrected chi connectivity index (χ3v) is 5.07. The minimum Gasteiger partial charge on any atom is -0.342 e. The molecule has 0 fully saturated rings. The molecule has 0 atom stereocenters. The fraction of sp³-hybridized carbons (Fsp3) is 0.222. The van der Waals surface area contributed by atoms with Crippen molar-refractivity contribution in [2.45, 2.75) is 12.4 Å². The molecule has 1 amide bonds. The molecular weight excluding hydrogens is 439 g/mol. The van der Waals surface area contributed by atoms with Gasteiger partial charge in [-0.05, 0) is 30.3 Å². The van der Waals surface area contributed by atoms with E-state index >= 15 is 0 Å². The molecule has 3 aromatic rings. The van der Waals surface area contributed by atoms with E-state index in [1.807, 2.05) is 5.32 Å². The van der Waals surface area contributed by atoms with Crippen LogP contribution in [0.15, 0.2) is 36.4 Å². The van der Waals surface area contributed by atoms with E-state index in [0.29, 0.717) is 16.8 Å². The third-order valence-electron chi connectivity index (χ3n) is 3.94. The van der Waals surface area contributed by atoms with Crippen molar-refractivity contribution in [3.05, 3.63) is 53.3 Å². The summed E-state index contributed by atoms with van der Waals surface area (Å²) in [5.74, 6) is -1.43. The van der Waals surface area contributed by atoms with Crippen molar-refractivity contribution < 1.29 is 35.5 Å². The van der Waals surface area contributed by atoms with Crippen LogP contribution in [0.3, 0.4) is 0 Å². The number of nitrogens with one attached hydrogen (secondary N) is 1. The van der Waals surface area contributed by atoms with Gasteiger partial charge in [0.2, 0.25) is 5.91 Å². The number of alkyl halides is 6. The van der Waals surface area contributed by atoms with Gasteiger partial charge in [0.25, 0.3) is 0 Å². The Morgan fingerprint density at radius 1 is 1.07 bits per heavy atom. The molecule has 30 heavy (non-hydrogen) atoms. The van der Waals surface area contributed by atoms with E-state index in [2.05, 4.69) is 4.98 Å². The first-order valence-corrected chi connectivity index (χ1v) is 9.02. The number of benzene rings is 2. The molecule has 12 heteroatoms. The molecule has 0 saturated carbocycles. The van der Waals surface area contributed by atoms with Crippen molar-refractivity contribution in [1.82, 2.24) is 4.98 Å². The number of aromatic nitrogens is 1. The zero-order valence-electron chi connectivity index (χ0n) is 15.0. The molecule has 160 valence electrons. The maximum Gasteiger partial charge on any atom is 0.416 e. The SMILES string of the molecule is CN(CC(=O)Nc1cc(C(F)(F)F)cc(C(F)(F)F)c1)c1nc2c(F)cccc2s1. The first-order chi connectivity index (χ1) is 13.8. The lowest BCUT2D eigenvalue weighted by atomic mass is 10.1. The number of rotatable bonds is 4. The van der Waals surface area contributed by atoms with Crippen molar-refractivity contribution in [2.75, 3.05) is 23.8 Å². The number of likely N-dealkylation sites (N-methyl/N-ethyl adjacent to an activating group) is 1. The van der Waals surface area contributed by atoms with Crippen LogP contribution in [-0.2, 0) is 17.1 Å². The van der Waals surface area contributed by atoms with Crippen LogP contribution in [0.1, 0.15) is 11.1 Å². The normalized spacial score (nSPS) is 12.3. The minimum absolute atomic E-state index is 0.0303. The monoisotopic (exact) mass is 451 g/mol. The highest BCUT2D eigenvalue weighted by Gasteiger charge is 2.37. The van der Waals surface area contributed by atoms with E-state index in [0.717, 1.165) is 11.3 Å². The van der Waals surface area contributed by atoms with Gasteiger partial charge in [-0.1, -0.05) is 17.4 Å². The molecule has 0 aliphatic carbocycles. The van der Waals surface area contributed by atoms with Crippen LogP contribution in [0.2, 0.25) is 0 Å². The molecular formula is C18H12F7N3OS. The average molecular weight is 451 g/mol. The summed E-state index contributed by atoms with van der Waals surface area (Å²) < 4.78 is 91.7. The fourth-order valence-corrected chi connectivity index (χ4v) is 3.52. The molecule has 0 aliphatic rings. The van der Waals surface area contributed by atoms with E-state index in [1.54, 1.807) is 6.07 Å². The maximum absolute atomic E-state index is 13.7. The predicted molar refractivity (Wildman–Crippen MR) is 97.9 cm³/mol. The first kappa shape index (κ1) is 21.8. The molecule has 0 unspecified atom stereocenters. The quantitative estimate of drug-likeness (QED) is 0.530. The van der Waals surface area contributed by atoms with E-state index in [4.69, 9.17) is 0 Å². The zero-order chi connectivity index (χ0) is 22.3. The molecule has 2 aromatic carbocycles. The molecule has 0 bridgehead atoms. The molecule has 1 N–H and O–H groups in total. The van der Waals surface area contributed by atoms with Crippen LogP contribution in [-0.4, -0.2) is 24.5 Å². The zero-order valence-corrected chi connectivity index (χ0v) is 15.8. The number of carbonyl (C=O) groups excluding carboxylic acids is 1. The lowest BCUT2D eigenvalue weighted by Gasteiger charge is -2.17. The second-order valence-corrected chi connectivity index (χ2v) is 7.29. The number of fused-ring (bicyclic) bond motifs is 1. The molecule has 3 rings (SSSR count). The van der Waals surface area contributed by atoms with Crippen LogP contribution < -0.4 is 10.2 Å². The Bertz CT molecular complexity index is 1060. The topological polar surface area (TPSA) is 45.2 Å². The molecule has 1 aromatic heterocycles. The summed E-state index contributed by atoms with van der Waals surface area (Å²) in [5, 5.41) is 2.29. The molecule has 4 nitrogen and oxygen atoms in total. The van der Waals surface area contributed by atoms with Gasteiger partial charge < -0.3 is 10.2 Å². The first-order valence-electron chi connectivity index (χ1n) is 8.20. The number of carbonyl (C=O) groups is 1. The van der Waals surface area contributed by atoms with E-state index in [9.17, 15) is 35.5 Å². The average Bonchev–Trinajstić information content (AvgIpc) is 3.05. The molecule has 0 aliphatic heterocycles. The fourth-order valence-electron chi connectivity index (χ4n) is 2.58. The lowest BCUT2D eigenvalue weighted by molar-refractivity contribution is -0.143. The largest absolute Gasteiger partial charge is 0.416 e. The summed E-state index contributed by atoms with van der Waals surface area (Å²) in [6.07, 6.45) is -10.1. The van der Waals surface area contributed by atoms with Gasteiger partial charge in [0, 0.05) is 12.7 Å². The van der Waals surface area contributed by atoms with Gasteiger partial charge in [-0.2, -0.15) is 26.3 Å². The second-order valence-electron chi connectivity index (χ2n) is 6.28. The summed E-state index contributed by atoms with van der Waals surface area (Å²) in [4.78, 5) is 17.5. The third kappa shape index (κ3) is 4.81. The lowest BCUT2D eigenvalue weighted by Crippen LogP contribution is -2.30. The summed E-state index contributed by atoms with van der Waals surface area (Å²) in [6, 6.07) is 5.12. The van der Waals surface area contributed by atoms with E-state index in [1.165, 1.54) is 24.1 Å². The Balaban J connectivity index is 1.80. The van der Waals surface area contributed by atoms with E-state index < -0.39 is 47.4 Å². The molecule has 0 spiro atoms. The van der Waals surface area contributed by atoms with Crippen molar-refractivity contribution in [2.24, 2.45) is 0 Å². The van der Waals surface area contributed by atoms with Crippen LogP contribution >= 0.6 is 11.3 Å². The van der Waals surface area contributed by atoms with Crippen LogP contribution in [0, 0.1) is 5.82 Å². The van der Waals surface area contributed by atoms with Gasteiger partial charge in [-0.25, -0.2) is 9.37 Å². The van der Waals surface area contributed by atoms with Gasteiger partial charge in [-0.15, -0.1) is 0 Å². The van der Waals surface area contributed by atoms with E-state index in [-0.39, 0.29) is 16.7 Å². The Kier molecular flexibility index (Phi) is 5.63. The van der Waals surface area contributed by atoms with Crippen molar-refractivity contribution in [3.8, 4) is 0 Å². The highest BCUT2D eigenvalue weighted by Crippen LogP contribution is 2.37.